The van der Waals surface area contributed by atoms with Gasteiger partial charge in [-0.3, -0.25) is 19.3 Å². The molecule has 8 nitrogen and oxygen atoms in total. The minimum Gasteiger partial charge on any atom is -0.454 e. The number of rotatable bonds is 5. The van der Waals surface area contributed by atoms with Crippen LogP contribution in [0.4, 0.5) is 4.79 Å². The van der Waals surface area contributed by atoms with Crippen LogP contribution in [-0.4, -0.2) is 52.9 Å². The number of nitrogens with zero attached hydrogens (tertiary/aromatic N) is 1. The second kappa shape index (κ2) is 7.70. The van der Waals surface area contributed by atoms with Gasteiger partial charge in [0, 0.05) is 5.54 Å². The van der Waals surface area contributed by atoms with Crippen LogP contribution < -0.4 is 10.6 Å². The third kappa shape index (κ3) is 4.26. The third-order valence-electron chi connectivity index (χ3n) is 8.72. The molecule has 0 aromatic carbocycles. The highest BCUT2D eigenvalue weighted by Gasteiger charge is 2.56. The molecule has 0 unspecified atom stereocenters. The van der Waals surface area contributed by atoms with Gasteiger partial charge >= 0.3 is 12.0 Å². The summed E-state index contributed by atoms with van der Waals surface area (Å²) < 4.78 is 5.19. The largest absolute Gasteiger partial charge is 0.454 e. The molecule has 2 N–H and O–H groups in total. The van der Waals surface area contributed by atoms with Gasteiger partial charge in [-0.2, -0.15) is 0 Å². The fourth-order valence-corrected chi connectivity index (χ4v) is 8.57. The molecule has 6 rings (SSSR count). The first-order valence-corrected chi connectivity index (χ1v) is 12.6. The highest BCUT2D eigenvalue weighted by Crippen LogP contribution is 2.55. The Morgan fingerprint density at radius 3 is 2.21 bits per heavy atom. The van der Waals surface area contributed by atoms with Crippen LogP contribution >= 0.6 is 0 Å². The van der Waals surface area contributed by atoms with E-state index in [1.54, 1.807) is 0 Å². The van der Waals surface area contributed by atoms with E-state index in [0.29, 0.717) is 30.6 Å². The van der Waals surface area contributed by atoms with Gasteiger partial charge in [0.25, 0.3) is 11.8 Å². The van der Waals surface area contributed by atoms with E-state index in [1.807, 2.05) is 0 Å². The highest BCUT2D eigenvalue weighted by molar-refractivity contribution is 6.08. The van der Waals surface area contributed by atoms with E-state index in [0.717, 1.165) is 30.6 Å². The van der Waals surface area contributed by atoms with E-state index in [2.05, 4.69) is 31.4 Å². The molecule has 4 amide bonds. The topological polar surface area (TPSA) is 105 Å². The van der Waals surface area contributed by atoms with Crippen molar-refractivity contribution in [3.8, 4) is 0 Å². The summed E-state index contributed by atoms with van der Waals surface area (Å²) in [7, 11) is 0. The quantitative estimate of drug-likeness (QED) is 0.486. The summed E-state index contributed by atoms with van der Waals surface area (Å²) in [6.07, 6.45) is 9.04. The smallest absolute Gasteiger partial charge is 0.326 e. The number of nitrogens with one attached hydrogen (secondary N) is 2. The summed E-state index contributed by atoms with van der Waals surface area (Å²) in [5, 5.41) is 6.04. The van der Waals surface area contributed by atoms with Crippen LogP contribution in [-0.2, 0) is 19.1 Å². The maximum absolute atomic E-state index is 13.2. The number of hydrogen-bond donors (Lipinski definition) is 2. The van der Waals surface area contributed by atoms with E-state index in [9.17, 15) is 19.2 Å². The zero-order chi connectivity index (χ0) is 23.6. The van der Waals surface area contributed by atoms with Crippen molar-refractivity contribution in [2.45, 2.75) is 89.6 Å². The summed E-state index contributed by atoms with van der Waals surface area (Å²) in [4.78, 5) is 51.7. The number of hydrogen-bond acceptors (Lipinski definition) is 5. The van der Waals surface area contributed by atoms with Gasteiger partial charge in [-0.25, -0.2) is 4.79 Å². The Labute approximate surface area is 195 Å². The molecule has 1 heterocycles. The molecule has 6 fully saturated rings. The van der Waals surface area contributed by atoms with E-state index >= 15 is 0 Å². The Hall–Kier alpha value is -2.12. The van der Waals surface area contributed by atoms with Gasteiger partial charge in [0.05, 0.1) is 0 Å². The summed E-state index contributed by atoms with van der Waals surface area (Å²) in [6, 6.07) is -0.556. The summed E-state index contributed by atoms with van der Waals surface area (Å²) in [5.74, 6) is 1.03. The molecule has 8 heteroatoms. The molecule has 6 aliphatic rings. The molecule has 0 aromatic heterocycles. The van der Waals surface area contributed by atoms with Crippen LogP contribution in [0.1, 0.15) is 78.6 Å². The molecule has 2 atom stereocenters. The van der Waals surface area contributed by atoms with Gasteiger partial charge in [0.2, 0.25) is 0 Å². The molecular weight excluding hydrogens is 422 g/mol. The Kier molecular flexibility index (Phi) is 5.29. The van der Waals surface area contributed by atoms with Crippen LogP contribution in [0.25, 0.3) is 0 Å². The van der Waals surface area contributed by atoms with Crippen molar-refractivity contribution in [3.63, 3.8) is 0 Å². The van der Waals surface area contributed by atoms with Gasteiger partial charge in [-0.15, -0.1) is 0 Å². The maximum atomic E-state index is 13.2. The molecule has 182 valence electrons. The highest BCUT2D eigenvalue weighted by atomic mass is 16.5. The Morgan fingerprint density at radius 1 is 1.03 bits per heavy atom. The van der Waals surface area contributed by atoms with Crippen LogP contribution in [0.15, 0.2) is 0 Å². The standard InChI is InChI=1S/C25H37N3O5/c1-15-7-23(2,3)14-25(8-15)21(31)28(22(32)27-25)12-20(30)33-13-19(29)26-24-9-16-4-17(10-24)6-18(5-16)11-24/h15-18H,4-14H2,1-3H3,(H,26,29)(H,27,32)/t15-,16?,17?,18?,24?,25+/m0/s1. The number of amides is 4. The average Bonchev–Trinajstić information content (AvgIpc) is 2.86. The fraction of sp³-hybridized carbons (Fsp3) is 0.840. The molecule has 4 bridgehead atoms. The number of carbonyl (C=O) groups excluding carboxylic acids is 4. The maximum Gasteiger partial charge on any atom is 0.326 e. The predicted octanol–water partition coefficient (Wildman–Crippen LogP) is 2.75. The van der Waals surface area contributed by atoms with E-state index in [4.69, 9.17) is 4.74 Å². The first-order chi connectivity index (χ1) is 15.5. The van der Waals surface area contributed by atoms with Gasteiger partial charge in [-0.05, 0) is 86.9 Å². The lowest BCUT2D eigenvalue weighted by Crippen LogP contribution is -2.60. The molecule has 5 saturated carbocycles. The number of ether oxygens (including phenoxy) is 1. The summed E-state index contributed by atoms with van der Waals surface area (Å²) in [6.45, 7) is 5.44. The zero-order valence-electron chi connectivity index (χ0n) is 20.1. The Balaban J connectivity index is 1.14. The van der Waals surface area contributed by atoms with E-state index < -0.39 is 24.1 Å². The third-order valence-corrected chi connectivity index (χ3v) is 8.72. The first-order valence-electron chi connectivity index (χ1n) is 12.6. The van der Waals surface area contributed by atoms with E-state index in [-0.39, 0.29) is 35.3 Å². The molecule has 1 aliphatic heterocycles. The van der Waals surface area contributed by atoms with Crippen LogP contribution in [0.5, 0.6) is 0 Å². The van der Waals surface area contributed by atoms with Crippen molar-refractivity contribution in [2.75, 3.05) is 13.2 Å². The number of carbonyl (C=O) groups is 4. The van der Waals surface area contributed by atoms with Gasteiger partial charge in [0.15, 0.2) is 6.61 Å². The molecule has 33 heavy (non-hydrogen) atoms. The van der Waals surface area contributed by atoms with Crippen molar-refractivity contribution in [1.29, 1.82) is 0 Å². The van der Waals surface area contributed by atoms with Crippen LogP contribution in [0.2, 0.25) is 0 Å². The Bertz CT molecular complexity index is 848. The number of urea groups is 1. The average molecular weight is 460 g/mol. The minimum atomic E-state index is -0.950. The minimum absolute atomic E-state index is 0.0769. The van der Waals surface area contributed by atoms with Crippen molar-refractivity contribution < 1.29 is 23.9 Å². The molecule has 0 aromatic rings. The van der Waals surface area contributed by atoms with Gasteiger partial charge in [0.1, 0.15) is 12.1 Å². The van der Waals surface area contributed by atoms with E-state index in [1.165, 1.54) is 19.3 Å². The van der Waals surface area contributed by atoms with Crippen molar-refractivity contribution in [2.24, 2.45) is 29.1 Å². The normalized spacial score (nSPS) is 40.8. The second-order valence-electron chi connectivity index (χ2n) is 12.7. The molecule has 1 spiro atoms. The number of imide groups is 1. The monoisotopic (exact) mass is 459 g/mol. The summed E-state index contributed by atoms with van der Waals surface area (Å²) in [5.41, 5.74) is -1.17. The predicted molar refractivity (Wildman–Crippen MR) is 120 cm³/mol. The lowest BCUT2D eigenvalue weighted by atomic mass is 9.53. The fourth-order valence-electron chi connectivity index (χ4n) is 8.57. The second-order valence-corrected chi connectivity index (χ2v) is 12.7. The first kappa shape index (κ1) is 22.7. The van der Waals surface area contributed by atoms with Crippen molar-refractivity contribution in [3.05, 3.63) is 0 Å². The molecule has 0 radical (unpaired) electrons. The van der Waals surface area contributed by atoms with Crippen LogP contribution in [0, 0.1) is 29.1 Å². The van der Waals surface area contributed by atoms with Gasteiger partial charge in [-0.1, -0.05) is 20.8 Å². The van der Waals surface area contributed by atoms with Crippen LogP contribution in [0.3, 0.4) is 0 Å². The lowest BCUT2D eigenvalue weighted by molar-refractivity contribution is -0.152. The SMILES string of the molecule is C[C@H]1CC(C)(C)C[C@@]2(C1)NC(=O)N(CC(=O)OCC(=O)NC13CC4CC(CC(C4)C1)C3)C2=O. The molecule has 5 aliphatic carbocycles. The summed E-state index contributed by atoms with van der Waals surface area (Å²) >= 11 is 0. The number of esters is 1. The van der Waals surface area contributed by atoms with Gasteiger partial charge < -0.3 is 15.4 Å². The van der Waals surface area contributed by atoms with Crippen molar-refractivity contribution >= 4 is 23.8 Å². The lowest BCUT2D eigenvalue weighted by Gasteiger charge is -2.56. The van der Waals surface area contributed by atoms with Crippen molar-refractivity contribution in [1.82, 2.24) is 15.5 Å². The zero-order valence-corrected chi connectivity index (χ0v) is 20.1. The Morgan fingerprint density at radius 2 is 1.64 bits per heavy atom. The molecule has 1 saturated heterocycles. The molecular formula is C25H37N3O5.